The van der Waals surface area contributed by atoms with Gasteiger partial charge in [0.15, 0.2) is 6.29 Å². The maximum absolute atomic E-state index is 12.5. The van der Waals surface area contributed by atoms with Gasteiger partial charge in [-0.1, -0.05) is 107 Å². The van der Waals surface area contributed by atoms with Gasteiger partial charge in [-0.2, -0.15) is 0 Å². The molecular formula is C44H86O11. The molecule has 2 aliphatic rings. The minimum absolute atomic E-state index is 0.328. The largest absolute Gasteiger partial charge is 0.387 e. The van der Waals surface area contributed by atoms with Crippen molar-refractivity contribution in [2.75, 3.05) is 59.5 Å². The van der Waals surface area contributed by atoms with Crippen molar-refractivity contribution < 1.29 is 52.5 Å². The van der Waals surface area contributed by atoms with Gasteiger partial charge in [0.05, 0.1) is 6.61 Å². The van der Waals surface area contributed by atoms with Gasteiger partial charge in [-0.15, -0.1) is 0 Å². The zero-order chi connectivity index (χ0) is 40.1. The van der Waals surface area contributed by atoms with Crippen LogP contribution < -0.4 is 0 Å². The molecule has 11 atom stereocenters. The van der Waals surface area contributed by atoms with Gasteiger partial charge >= 0.3 is 0 Å². The van der Waals surface area contributed by atoms with Crippen LogP contribution in [0.3, 0.4) is 0 Å². The second-order valence-corrected chi connectivity index (χ2v) is 15.4. The van der Waals surface area contributed by atoms with Crippen molar-refractivity contribution in [3.05, 3.63) is 0 Å². The number of hydrogen-bond acceptors (Lipinski definition) is 11. The maximum Gasteiger partial charge on any atom is 0.187 e. The third-order valence-electron chi connectivity index (χ3n) is 10.4. The minimum Gasteiger partial charge on any atom is -0.387 e. The minimum atomic E-state index is -1.08. The summed E-state index contributed by atoms with van der Waals surface area (Å²) >= 11 is 0. The highest BCUT2D eigenvalue weighted by atomic mass is 16.7. The lowest BCUT2D eigenvalue weighted by molar-refractivity contribution is -0.359. The number of ether oxygens (including phenoxy) is 10. The van der Waals surface area contributed by atoms with Crippen LogP contribution in [-0.2, 0) is 47.4 Å². The highest BCUT2D eigenvalue weighted by Crippen LogP contribution is 2.37. The zero-order valence-corrected chi connectivity index (χ0v) is 36.6. The molecule has 1 saturated carbocycles. The fourth-order valence-electron chi connectivity index (χ4n) is 6.89. The molecule has 0 radical (unpaired) electrons. The summed E-state index contributed by atoms with van der Waals surface area (Å²) < 4.78 is 66.9. The summed E-state index contributed by atoms with van der Waals surface area (Å²) in [5, 5.41) is 12.5. The van der Waals surface area contributed by atoms with E-state index in [1.165, 1.54) is 0 Å². The molecule has 0 aromatic heterocycles. The maximum atomic E-state index is 12.5. The van der Waals surface area contributed by atoms with Crippen LogP contribution in [-0.4, -0.2) is 132 Å². The molecule has 2 fully saturated rings. The molecule has 1 aliphatic carbocycles. The Morgan fingerprint density at radius 1 is 0.364 bits per heavy atom. The smallest absolute Gasteiger partial charge is 0.187 e. The molecule has 0 aromatic rings. The van der Waals surface area contributed by atoms with Gasteiger partial charge in [-0.3, -0.25) is 0 Å². The van der Waals surface area contributed by atoms with Crippen LogP contribution in [0.4, 0.5) is 0 Å². The topological polar surface area (TPSA) is 113 Å². The lowest BCUT2D eigenvalue weighted by atomic mass is 9.83. The lowest BCUT2D eigenvalue weighted by Crippen LogP contribution is -2.69. The first kappa shape index (κ1) is 50.7. The number of rotatable bonds is 35. The van der Waals surface area contributed by atoms with Gasteiger partial charge in [0.25, 0.3) is 0 Å². The molecule has 328 valence electrons. The zero-order valence-electron chi connectivity index (χ0n) is 36.6. The van der Waals surface area contributed by atoms with Gasteiger partial charge in [-0.25, -0.2) is 0 Å². The van der Waals surface area contributed by atoms with Gasteiger partial charge in [0.2, 0.25) is 0 Å². The number of hydrogen-bond donors (Lipinski definition) is 1. The molecular weight excluding hydrogens is 704 g/mol. The van der Waals surface area contributed by atoms with E-state index in [4.69, 9.17) is 47.4 Å². The van der Waals surface area contributed by atoms with Crippen molar-refractivity contribution in [2.45, 2.75) is 225 Å². The van der Waals surface area contributed by atoms with Gasteiger partial charge < -0.3 is 52.5 Å². The second-order valence-electron chi connectivity index (χ2n) is 15.4. The summed E-state index contributed by atoms with van der Waals surface area (Å²) in [7, 11) is 0. The van der Waals surface area contributed by atoms with Gasteiger partial charge in [0.1, 0.15) is 61.0 Å². The summed E-state index contributed by atoms with van der Waals surface area (Å²) in [6, 6.07) is 0. The second kappa shape index (κ2) is 32.4. The highest BCUT2D eigenvalue weighted by molar-refractivity contribution is 5.04. The van der Waals surface area contributed by atoms with E-state index in [-0.39, 0.29) is 0 Å². The SMILES string of the molecule is CCCCOCC1O[C@H](OC2[C@@H](O)C(OCCCC)C(OCCCC)[C@H](OCCCC)[C@H]2OCCCC)[C@H](OCCCC)C(OCCCC)[C@@H]1OCCCC. The Bertz CT molecular complexity index is 868. The van der Waals surface area contributed by atoms with Crippen molar-refractivity contribution in [3.8, 4) is 0 Å². The van der Waals surface area contributed by atoms with E-state index in [2.05, 4.69) is 55.4 Å². The summed E-state index contributed by atoms with van der Waals surface area (Å²) in [6.07, 6.45) is 7.89. The van der Waals surface area contributed by atoms with Crippen LogP contribution in [0.1, 0.15) is 158 Å². The predicted octanol–water partition coefficient (Wildman–Crippen LogP) is 8.58. The summed E-state index contributed by atoms with van der Waals surface area (Å²) in [5.41, 5.74) is 0. The molecule has 55 heavy (non-hydrogen) atoms. The van der Waals surface area contributed by atoms with Crippen LogP contribution >= 0.6 is 0 Å². The van der Waals surface area contributed by atoms with E-state index >= 15 is 0 Å². The van der Waals surface area contributed by atoms with Crippen molar-refractivity contribution in [1.82, 2.24) is 0 Å². The summed E-state index contributed by atoms with van der Waals surface area (Å²) in [6.45, 7) is 21.9. The van der Waals surface area contributed by atoms with E-state index in [1.807, 2.05) is 0 Å². The highest BCUT2D eigenvalue weighted by Gasteiger charge is 2.57. The Morgan fingerprint density at radius 2 is 0.673 bits per heavy atom. The van der Waals surface area contributed by atoms with Crippen LogP contribution in [0, 0.1) is 0 Å². The van der Waals surface area contributed by atoms with Crippen molar-refractivity contribution >= 4 is 0 Å². The van der Waals surface area contributed by atoms with E-state index in [0.717, 1.165) is 103 Å². The number of aliphatic hydroxyl groups excluding tert-OH is 1. The first-order valence-corrected chi connectivity index (χ1v) is 22.8. The predicted molar refractivity (Wildman–Crippen MR) is 218 cm³/mol. The molecule has 2 rings (SSSR count). The van der Waals surface area contributed by atoms with Crippen molar-refractivity contribution in [1.29, 1.82) is 0 Å². The van der Waals surface area contributed by atoms with Crippen molar-refractivity contribution in [2.24, 2.45) is 0 Å². The molecule has 5 unspecified atom stereocenters. The average molecular weight is 791 g/mol. The molecule has 1 aliphatic heterocycles. The Morgan fingerprint density at radius 3 is 1.09 bits per heavy atom. The van der Waals surface area contributed by atoms with Crippen LogP contribution in [0.15, 0.2) is 0 Å². The Balaban J connectivity index is 2.67. The van der Waals surface area contributed by atoms with E-state index < -0.39 is 67.3 Å². The third-order valence-corrected chi connectivity index (χ3v) is 10.4. The quantitative estimate of drug-likeness (QED) is 0.0624. The van der Waals surface area contributed by atoms with Crippen LogP contribution in [0.2, 0.25) is 0 Å². The standard InChI is InChI=1S/C44H86O11/c1-9-17-25-46-33-34-36(47-26-18-10-2)39(49-28-20-12-4)43(53-32-24-16-8)44(54-34)55-38-35(45)37(48-27-19-11-3)40(50-29-21-13-5)42(52-31-23-15-7)41(38)51-30-22-14-6/h34-45H,9-33H2,1-8H3/t34?,35-,36+,37?,38?,39?,40?,41-,42-,43+,44+/m0/s1. The molecule has 0 amide bonds. The Hall–Kier alpha value is -0.440. The molecule has 1 heterocycles. The molecule has 0 bridgehead atoms. The van der Waals surface area contributed by atoms with E-state index in [0.29, 0.717) is 59.5 Å². The lowest BCUT2D eigenvalue weighted by Gasteiger charge is -2.51. The van der Waals surface area contributed by atoms with E-state index in [1.54, 1.807) is 0 Å². The van der Waals surface area contributed by atoms with Gasteiger partial charge in [-0.05, 0) is 51.4 Å². The third kappa shape index (κ3) is 18.2. The Labute approximate surface area is 336 Å². The number of unbranched alkanes of at least 4 members (excludes halogenated alkanes) is 8. The Kier molecular flexibility index (Phi) is 29.9. The van der Waals surface area contributed by atoms with Gasteiger partial charge in [0, 0.05) is 52.9 Å². The van der Waals surface area contributed by atoms with Crippen molar-refractivity contribution in [3.63, 3.8) is 0 Å². The fraction of sp³-hybridized carbons (Fsp3) is 1.00. The first-order valence-electron chi connectivity index (χ1n) is 22.8. The number of aliphatic hydroxyl groups is 1. The molecule has 0 aromatic carbocycles. The fourth-order valence-corrected chi connectivity index (χ4v) is 6.89. The van der Waals surface area contributed by atoms with E-state index in [9.17, 15) is 5.11 Å². The molecule has 1 N–H and O–H groups in total. The van der Waals surface area contributed by atoms with Crippen LogP contribution in [0.25, 0.3) is 0 Å². The average Bonchev–Trinajstić information content (AvgIpc) is 3.18. The normalized spacial score (nSPS) is 29.9. The molecule has 1 saturated heterocycles. The summed E-state index contributed by atoms with van der Waals surface area (Å²) in [4.78, 5) is 0. The molecule has 11 nitrogen and oxygen atoms in total. The monoisotopic (exact) mass is 791 g/mol. The molecule has 0 spiro atoms. The molecule has 11 heteroatoms. The first-order chi connectivity index (χ1) is 27.0. The summed E-state index contributed by atoms with van der Waals surface area (Å²) in [5.74, 6) is 0. The van der Waals surface area contributed by atoms with Crippen LogP contribution in [0.5, 0.6) is 0 Å².